The molecule has 1 fully saturated rings. The Kier molecular flexibility index (Phi) is 4.58. The summed E-state index contributed by atoms with van der Waals surface area (Å²) in [5.41, 5.74) is 2.38. The van der Waals surface area contributed by atoms with Gasteiger partial charge in [0.2, 0.25) is 0 Å². The summed E-state index contributed by atoms with van der Waals surface area (Å²) in [5, 5.41) is 0. The number of H-pyrrole nitrogens is 1. The van der Waals surface area contributed by atoms with Crippen molar-refractivity contribution >= 4 is 23.1 Å². The summed E-state index contributed by atoms with van der Waals surface area (Å²) in [6, 6.07) is 0.191. The molecule has 0 aromatic carbocycles. The van der Waals surface area contributed by atoms with Gasteiger partial charge in [0, 0.05) is 32.4 Å². The van der Waals surface area contributed by atoms with Gasteiger partial charge in [0.25, 0.3) is 0 Å². The summed E-state index contributed by atoms with van der Waals surface area (Å²) in [6.45, 7) is 9.39. The van der Waals surface area contributed by atoms with Gasteiger partial charge in [0.15, 0.2) is 5.65 Å². The molecule has 0 spiro atoms. The van der Waals surface area contributed by atoms with Crippen molar-refractivity contribution in [1.29, 1.82) is 0 Å². The maximum atomic E-state index is 12.2. The molecule has 7 nitrogen and oxygen atoms in total. The third kappa shape index (κ3) is 3.86. The smallest absolute Gasteiger partial charge is 0.410 e. The van der Waals surface area contributed by atoms with Crippen LogP contribution < -0.4 is 4.90 Å². The predicted octanol–water partition coefficient (Wildman–Crippen LogP) is 3.10. The lowest BCUT2D eigenvalue weighted by atomic mass is 10.0. The number of piperidine rings is 1. The number of nitrogens with one attached hydrogen (secondary N) is 1. The normalized spacial score (nSPS) is 16.3. The maximum Gasteiger partial charge on any atom is 0.410 e. The van der Waals surface area contributed by atoms with Crippen molar-refractivity contribution in [2.75, 3.05) is 25.0 Å². The summed E-state index contributed by atoms with van der Waals surface area (Å²) in [6.07, 6.45) is 5.27. The quantitative estimate of drug-likeness (QED) is 0.905. The molecule has 3 heterocycles. The van der Waals surface area contributed by atoms with Crippen molar-refractivity contribution in [3.05, 3.63) is 18.0 Å². The van der Waals surface area contributed by atoms with Crippen LogP contribution in [0.15, 0.2) is 12.4 Å². The van der Waals surface area contributed by atoms with Gasteiger partial charge in [0.05, 0.1) is 6.20 Å². The van der Waals surface area contributed by atoms with Gasteiger partial charge in [-0.3, -0.25) is 0 Å². The Labute approximate surface area is 148 Å². The molecule has 0 atom stereocenters. The number of aryl methyl sites for hydroxylation is 1. The van der Waals surface area contributed by atoms with Gasteiger partial charge in [-0.05, 0) is 46.1 Å². The minimum absolute atomic E-state index is 0.191. The van der Waals surface area contributed by atoms with Gasteiger partial charge >= 0.3 is 6.09 Å². The number of ether oxygens (including phenoxy) is 1. The van der Waals surface area contributed by atoms with Crippen LogP contribution in [0.1, 0.15) is 39.2 Å². The zero-order valence-corrected chi connectivity index (χ0v) is 15.7. The second kappa shape index (κ2) is 6.54. The van der Waals surface area contributed by atoms with Crippen LogP contribution in [0.5, 0.6) is 0 Å². The molecule has 7 heteroatoms. The minimum atomic E-state index is -0.467. The van der Waals surface area contributed by atoms with E-state index >= 15 is 0 Å². The van der Waals surface area contributed by atoms with Crippen LogP contribution in [-0.4, -0.2) is 57.7 Å². The first kappa shape index (κ1) is 17.5. The lowest BCUT2D eigenvalue weighted by molar-refractivity contribution is 0.0201. The van der Waals surface area contributed by atoms with E-state index in [4.69, 9.17) is 9.72 Å². The van der Waals surface area contributed by atoms with Crippen LogP contribution in [0.3, 0.4) is 0 Å². The molecule has 2 aromatic heterocycles. The molecule has 25 heavy (non-hydrogen) atoms. The van der Waals surface area contributed by atoms with Crippen molar-refractivity contribution in [2.24, 2.45) is 0 Å². The van der Waals surface area contributed by atoms with Gasteiger partial charge in [-0.15, -0.1) is 0 Å². The SMILES string of the molecule is Cc1c[nH]c2ncc(N3CCC(N(C)C(=O)OC(C)(C)C)CC3)nc12. The lowest BCUT2D eigenvalue weighted by Crippen LogP contribution is -2.47. The number of rotatable bonds is 2. The number of fused-ring (bicyclic) bond motifs is 1. The Morgan fingerprint density at radius 1 is 1.36 bits per heavy atom. The van der Waals surface area contributed by atoms with Gasteiger partial charge in [0.1, 0.15) is 16.9 Å². The van der Waals surface area contributed by atoms with Crippen molar-refractivity contribution in [3.8, 4) is 0 Å². The third-order valence-electron chi connectivity index (χ3n) is 4.58. The van der Waals surface area contributed by atoms with E-state index in [1.165, 1.54) is 0 Å². The second-order valence-corrected chi connectivity index (χ2v) is 7.71. The maximum absolute atomic E-state index is 12.2. The number of nitrogens with zero attached hydrogens (tertiary/aromatic N) is 4. The first-order valence-corrected chi connectivity index (χ1v) is 8.76. The second-order valence-electron chi connectivity index (χ2n) is 7.71. The van der Waals surface area contributed by atoms with Crippen LogP contribution in [0, 0.1) is 6.92 Å². The van der Waals surface area contributed by atoms with E-state index in [0.29, 0.717) is 0 Å². The van der Waals surface area contributed by atoms with E-state index in [9.17, 15) is 4.79 Å². The van der Waals surface area contributed by atoms with Crippen molar-refractivity contribution in [2.45, 2.75) is 52.2 Å². The average Bonchev–Trinajstić information content (AvgIpc) is 2.93. The molecular formula is C18H27N5O2. The first-order chi connectivity index (χ1) is 11.7. The Morgan fingerprint density at radius 3 is 2.68 bits per heavy atom. The zero-order chi connectivity index (χ0) is 18.2. The molecule has 3 rings (SSSR count). The van der Waals surface area contributed by atoms with Gasteiger partial charge in [-0.1, -0.05) is 0 Å². The van der Waals surface area contributed by atoms with E-state index in [1.54, 1.807) is 4.90 Å². The summed E-state index contributed by atoms with van der Waals surface area (Å²) in [5.74, 6) is 0.897. The molecule has 0 aliphatic carbocycles. The molecule has 1 aliphatic rings. The average molecular weight is 345 g/mol. The zero-order valence-electron chi connectivity index (χ0n) is 15.7. The highest BCUT2D eigenvalue weighted by Crippen LogP contribution is 2.23. The fourth-order valence-electron chi connectivity index (χ4n) is 3.12. The van der Waals surface area contributed by atoms with Crippen LogP contribution >= 0.6 is 0 Å². The molecular weight excluding hydrogens is 318 g/mol. The standard InChI is InChI=1S/C18H27N5O2/c1-12-10-19-16-15(12)21-14(11-20-16)23-8-6-13(7-9-23)22(5)17(24)25-18(2,3)4/h10-11,13H,6-9H2,1-5H3,(H,19,20). The fraction of sp³-hybridized carbons (Fsp3) is 0.611. The number of aromatic nitrogens is 3. The van der Waals surface area contributed by atoms with Crippen LogP contribution in [0.4, 0.5) is 10.6 Å². The van der Waals surface area contributed by atoms with E-state index in [1.807, 2.05) is 47.1 Å². The Morgan fingerprint density at radius 2 is 2.04 bits per heavy atom. The highest BCUT2D eigenvalue weighted by molar-refractivity contribution is 5.76. The topological polar surface area (TPSA) is 74.4 Å². The van der Waals surface area contributed by atoms with Crippen LogP contribution in [0.25, 0.3) is 11.2 Å². The molecule has 0 unspecified atom stereocenters. The number of carbonyl (C=O) groups is 1. The molecule has 0 radical (unpaired) electrons. The number of amides is 1. The molecule has 0 saturated carbocycles. The first-order valence-electron chi connectivity index (χ1n) is 8.76. The van der Waals surface area contributed by atoms with Gasteiger partial charge in [-0.25, -0.2) is 14.8 Å². The van der Waals surface area contributed by atoms with Crippen molar-refractivity contribution in [3.63, 3.8) is 0 Å². The molecule has 2 aromatic rings. The molecule has 1 N–H and O–H groups in total. The number of anilines is 1. The predicted molar refractivity (Wildman–Crippen MR) is 97.9 cm³/mol. The Balaban J connectivity index is 1.62. The van der Waals surface area contributed by atoms with E-state index in [2.05, 4.69) is 14.9 Å². The highest BCUT2D eigenvalue weighted by atomic mass is 16.6. The van der Waals surface area contributed by atoms with Crippen LogP contribution in [-0.2, 0) is 4.74 Å². The van der Waals surface area contributed by atoms with E-state index in [0.717, 1.165) is 48.5 Å². The number of aromatic amines is 1. The Bertz CT molecular complexity index is 756. The van der Waals surface area contributed by atoms with E-state index < -0.39 is 5.60 Å². The molecule has 0 bridgehead atoms. The largest absolute Gasteiger partial charge is 0.444 e. The Hall–Kier alpha value is -2.31. The summed E-state index contributed by atoms with van der Waals surface area (Å²) < 4.78 is 5.46. The number of hydrogen-bond donors (Lipinski definition) is 1. The fourth-order valence-corrected chi connectivity index (χ4v) is 3.12. The van der Waals surface area contributed by atoms with Gasteiger partial charge < -0.3 is 19.5 Å². The number of hydrogen-bond acceptors (Lipinski definition) is 5. The summed E-state index contributed by atoms with van der Waals surface area (Å²) >= 11 is 0. The number of carbonyl (C=O) groups excluding carboxylic acids is 1. The third-order valence-corrected chi connectivity index (χ3v) is 4.58. The van der Waals surface area contributed by atoms with Crippen molar-refractivity contribution < 1.29 is 9.53 Å². The summed E-state index contributed by atoms with van der Waals surface area (Å²) in [7, 11) is 1.82. The van der Waals surface area contributed by atoms with E-state index in [-0.39, 0.29) is 12.1 Å². The minimum Gasteiger partial charge on any atom is -0.444 e. The molecule has 136 valence electrons. The van der Waals surface area contributed by atoms with Crippen molar-refractivity contribution in [1.82, 2.24) is 19.9 Å². The molecule has 1 amide bonds. The highest BCUT2D eigenvalue weighted by Gasteiger charge is 2.29. The molecule has 1 saturated heterocycles. The van der Waals surface area contributed by atoms with Gasteiger partial charge in [-0.2, -0.15) is 0 Å². The lowest BCUT2D eigenvalue weighted by Gasteiger charge is -2.37. The molecule has 1 aliphatic heterocycles. The van der Waals surface area contributed by atoms with Crippen LogP contribution in [0.2, 0.25) is 0 Å². The summed E-state index contributed by atoms with van der Waals surface area (Å²) in [4.78, 5) is 28.5. The monoisotopic (exact) mass is 345 g/mol.